The van der Waals surface area contributed by atoms with Crippen LogP contribution in [0.15, 0.2) is 65.8 Å². The van der Waals surface area contributed by atoms with E-state index < -0.39 is 9.84 Å². The fourth-order valence-electron chi connectivity index (χ4n) is 3.06. The molecule has 0 aliphatic carbocycles. The topological polar surface area (TPSA) is 95.3 Å². The number of nitrogens with one attached hydrogen (secondary N) is 1. The maximum Gasteiger partial charge on any atom is 0.229 e. The molecule has 0 saturated heterocycles. The van der Waals surface area contributed by atoms with Crippen LogP contribution in [0.4, 0.5) is 11.6 Å². The van der Waals surface area contributed by atoms with Crippen molar-refractivity contribution in [3.8, 4) is 17.2 Å². The van der Waals surface area contributed by atoms with Crippen molar-refractivity contribution >= 4 is 32.5 Å². The molecule has 156 valence electrons. The molecule has 9 heteroatoms. The highest BCUT2D eigenvalue weighted by Gasteiger charge is 2.11. The molecule has 0 aliphatic heterocycles. The molecule has 2 aromatic carbocycles. The number of aromatic nitrogens is 3. The zero-order valence-electron chi connectivity index (χ0n) is 16.7. The van der Waals surface area contributed by atoms with Gasteiger partial charge in [-0.3, -0.25) is 0 Å². The molecular weight excluding hydrogens is 404 g/mol. The van der Waals surface area contributed by atoms with Crippen molar-refractivity contribution < 1.29 is 19.3 Å². The summed E-state index contributed by atoms with van der Waals surface area (Å²) in [6, 6.07) is 14.0. The summed E-state index contributed by atoms with van der Waals surface area (Å²) in [5.41, 5.74) is 2.18. The SMILES string of the molecule is COc1ccc(Nc2ncc3ccn(-c4ccc(S(C)(=O)=O)cc4)c3n2)c(OC)c1.[HH]. The average molecular weight is 426 g/mol. The quantitative estimate of drug-likeness (QED) is 0.501. The Kier molecular flexibility index (Phi) is 5.04. The lowest BCUT2D eigenvalue weighted by Gasteiger charge is -2.12. The van der Waals surface area contributed by atoms with Crippen molar-refractivity contribution in [3.05, 3.63) is 60.9 Å². The van der Waals surface area contributed by atoms with Gasteiger partial charge in [0.2, 0.25) is 5.95 Å². The minimum Gasteiger partial charge on any atom is -0.497 e. The predicted molar refractivity (Wildman–Crippen MR) is 117 cm³/mol. The maximum absolute atomic E-state index is 11.7. The Bertz CT molecular complexity index is 1320. The lowest BCUT2D eigenvalue weighted by molar-refractivity contribution is 0.395. The minimum atomic E-state index is -3.25. The van der Waals surface area contributed by atoms with Crippen molar-refractivity contribution in [1.29, 1.82) is 0 Å². The number of ether oxygens (including phenoxy) is 2. The zero-order chi connectivity index (χ0) is 21.3. The number of rotatable bonds is 6. The van der Waals surface area contributed by atoms with Crippen LogP contribution >= 0.6 is 0 Å². The number of methoxy groups -OCH3 is 2. The Labute approximate surface area is 175 Å². The van der Waals surface area contributed by atoms with E-state index in [1.165, 1.54) is 6.26 Å². The number of fused-ring (bicyclic) bond motifs is 1. The molecule has 30 heavy (non-hydrogen) atoms. The Hall–Kier alpha value is -3.59. The van der Waals surface area contributed by atoms with E-state index >= 15 is 0 Å². The number of hydrogen-bond donors (Lipinski definition) is 1. The second-order valence-corrected chi connectivity index (χ2v) is 8.63. The fourth-order valence-corrected chi connectivity index (χ4v) is 3.69. The van der Waals surface area contributed by atoms with E-state index in [9.17, 15) is 8.42 Å². The number of sulfone groups is 1. The lowest BCUT2D eigenvalue weighted by atomic mass is 10.2. The number of benzene rings is 2. The van der Waals surface area contributed by atoms with Gasteiger partial charge in [-0.1, -0.05) is 0 Å². The second kappa shape index (κ2) is 7.68. The van der Waals surface area contributed by atoms with E-state index in [1.807, 2.05) is 29.0 Å². The summed E-state index contributed by atoms with van der Waals surface area (Å²) >= 11 is 0. The van der Waals surface area contributed by atoms with Gasteiger partial charge in [0.1, 0.15) is 17.1 Å². The van der Waals surface area contributed by atoms with Gasteiger partial charge in [0.25, 0.3) is 0 Å². The number of nitrogens with zero attached hydrogens (tertiary/aromatic N) is 3. The van der Waals surface area contributed by atoms with Crippen LogP contribution < -0.4 is 14.8 Å². The van der Waals surface area contributed by atoms with E-state index in [0.717, 1.165) is 11.1 Å². The maximum atomic E-state index is 11.7. The molecule has 2 heterocycles. The van der Waals surface area contributed by atoms with E-state index in [2.05, 4.69) is 15.3 Å². The molecule has 2 aromatic heterocycles. The molecule has 0 fully saturated rings. The normalized spacial score (nSPS) is 11.4. The highest BCUT2D eigenvalue weighted by molar-refractivity contribution is 7.90. The standard InChI is InChI=1S/C21H20N4O4S.H2/c1-28-16-6-9-18(19(12-16)29-2)23-21-22-13-14-10-11-25(20(14)24-21)15-4-7-17(8-5-15)30(3,26)27;/h4-13H,1-3H3,(H,22,23,24);1H. The third kappa shape index (κ3) is 3.79. The molecule has 4 aromatic rings. The lowest BCUT2D eigenvalue weighted by Crippen LogP contribution is -2.02. The smallest absolute Gasteiger partial charge is 0.229 e. The Morgan fingerprint density at radius 2 is 1.80 bits per heavy atom. The summed E-state index contributed by atoms with van der Waals surface area (Å²) in [6.07, 6.45) is 4.78. The summed E-state index contributed by atoms with van der Waals surface area (Å²) in [5.74, 6) is 1.68. The van der Waals surface area contributed by atoms with Crippen molar-refractivity contribution in [3.63, 3.8) is 0 Å². The van der Waals surface area contributed by atoms with E-state index in [1.54, 1.807) is 50.7 Å². The predicted octanol–water partition coefficient (Wildman–Crippen LogP) is 3.83. The van der Waals surface area contributed by atoms with E-state index in [-0.39, 0.29) is 6.32 Å². The summed E-state index contributed by atoms with van der Waals surface area (Å²) in [5, 5.41) is 4.02. The summed E-state index contributed by atoms with van der Waals surface area (Å²) in [6.45, 7) is 0. The van der Waals surface area contributed by atoms with Gasteiger partial charge in [-0.25, -0.2) is 13.4 Å². The molecular formula is C21H22N4O4S. The first-order valence-corrected chi connectivity index (χ1v) is 10.9. The Morgan fingerprint density at radius 3 is 2.47 bits per heavy atom. The minimum absolute atomic E-state index is 0. The van der Waals surface area contributed by atoms with Crippen molar-refractivity contribution in [2.24, 2.45) is 0 Å². The molecule has 0 bridgehead atoms. The Balaban J connectivity index is 0.00000272. The third-order valence-electron chi connectivity index (χ3n) is 4.63. The molecule has 0 atom stereocenters. The van der Waals surface area contributed by atoms with Crippen LogP contribution in [0.1, 0.15) is 1.43 Å². The van der Waals surface area contributed by atoms with Crippen LogP contribution in [-0.4, -0.2) is 43.4 Å². The van der Waals surface area contributed by atoms with E-state index in [0.29, 0.717) is 28.8 Å². The molecule has 0 saturated carbocycles. The fraction of sp³-hybridized carbons (Fsp3) is 0.143. The van der Waals surface area contributed by atoms with Gasteiger partial charge in [-0.2, -0.15) is 4.98 Å². The van der Waals surface area contributed by atoms with Crippen molar-refractivity contribution in [1.82, 2.24) is 14.5 Å². The number of hydrogen-bond acceptors (Lipinski definition) is 7. The molecule has 1 N–H and O–H groups in total. The summed E-state index contributed by atoms with van der Waals surface area (Å²) in [4.78, 5) is 9.27. The van der Waals surface area contributed by atoms with Gasteiger partial charge < -0.3 is 19.4 Å². The molecule has 0 aliphatic rings. The van der Waals surface area contributed by atoms with Crippen LogP contribution in [0.2, 0.25) is 0 Å². The van der Waals surface area contributed by atoms with Crippen LogP contribution in [0, 0.1) is 0 Å². The van der Waals surface area contributed by atoms with Crippen molar-refractivity contribution in [2.45, 2.75) is 4.90 Å². The van der Waals surface area contributed by atoms with Crippen LogP contribution in [0.25, 0.3) is 16.7 Å². The highest BCUT2D eigenvalue weighted by atomic mass is 32.2. The van der Waals surface area contributed by atoms with Gasteiger partial charge in [0.05, 0.1) is 24.8 Å². The Morgan fingerprint density at radius 1 is 1.03 bits per heavy atom. The molecule has 0 amide bonds. The van der Waals surface area contributed by atoms with Gasteiger partial charge in [0.15, 0.2) is 9.84 Å². The average Bonchev–Trinajstić information content (AvgIpc) is 3.16. The van der Waals surface area contributed by atoms with Crippen LogP contribution in [0.3, 0.4) is 0 Å². The first-order chi connectivity index (χ1) is 14.4. The molecule has 0 spiro atoms. The van der Waals surface area contributed by atoms with Crippen molar-refractivity contribution in [2.75, 3.05) is 25.8 Å². The highest BCUT2D eigenvalue weighted by Crippen LogP contribution is 2.31. The molecule has 8 nitrogen and oxygen atoms in total. The third-order valence-corrected chi connectivity index (χ3v) is 5.75. The zero-order valence-corrected chi connectivity index (χ0v) is 17.5. The molecule has 0 radical (unpaired) electrons. The van der Waals surface area contributed by atoms with E-state index in [4.69, 9.17) is 9.47 Å². The first kappa shape index (κ1) is 19.7. The first-order valence-electron chi connectivity index (χ1n) is 9.02. The molecule has 0 unspecified atom stereocenters. The largest absolute Gasteiger partial charge is 0.497 e. The van der Waals surface area contributed by atoms with Crippen LogP contribution in [0.5, 0.6) is 11.5 Å². The van der Waals surface area contributed by atoms with Gasteiger partial charge in [-0.15, -0.1) is 0 Å². The van der Waals surface area contributed by atoms with Crippen LogP contribution in [-0.2, 0) is 9.84 Å². The summed E-state index contributed by atoms with van der Waals surface area (Å²) in [7, 11) is -0.0781. The van der Waals surface area contributed by atoms with Gasteiger partial charge >= 0.3 is 0 Å². The molecule has 4 rings (SSSR count). The second-order valence-electron chi connectivity index (χ2n) is 6.62. The number of anilines is 2. The van der Waals surface area contributed by atoms with Gasteiger partial charge in [-0.05, 0) is 42.5 Å². The monoisotopic (exact) mass is 426 g/mol. The summed E-state index contributed by atoms with van der Waals surface area (Å²) < 4.78 is 35.9. The van der Waals surface area contributed by atoms with Gasteiger partial charge in [0, 0.05) is 37.2 Å².